The van der Waals surface area contributed by atoms with Gasteiger partial charge < -0.3 is 19.3 Å². The summed E-state index contributed by atoms with van der Waals surface area (Å²) in [6.07, 6.45) is 2.53. The zero-order valence-corrected chi connectivity index (χ0v) is 17.6. The Hall–Kier alpha value is -1.24. The van der Waals surface area contributed by atoms with Crippen molar-refractivity contribution in [2.75, 3.05) is 20.3 Å². The lowest BCUT2D eigenvalue weighted by molar-refractivity contribution is -0.298. The molecule has 5 fully saturated rings. The molecule has 6 nitrogen and oxygen atoms in total. The molecule has 5 aliphatic rings. The number of ether oxygens (including phenoxy) is 3. The second-order valence-corrected chi connectivity index (χ2v) is 10.4. The zero-order valence-electron chi connectivity index (χ0n) is 17.6. The summed E-state index contributed by atoms with van der Waals surface area (Å²) in [5, 5.41) is 11.5. The van der Waals surface area contributed by atoms with Crippen molar-refractivity contribution in [3.05, 3.63) is 12.2 Å². The predicted octanol–water partition coefficient (Wildman–Crippen LogP) is 2.28. The number of aliphatic hydroxyl groups is 1. The maximum atomic E-state index is 13.7. The van der Waals surface area contributed by atoms with Gasteiger partial charge in [0.2, 0.25) is 0 Å². The highest BCUT2D eigenvalue weighted by molar-refractivity contribution is 6.04. The molecule has 0 aromatic heterocycles. The number of aliphatic hydroxyl groups excluding tert-OH is 1. The fraction of sp³-hybridized carbons (Fsp3) is 0.826. The molecule has 1 heterocycles. The van der Waals surface area contributed by atoms with Crippen LogP contribution in [0, 0.1) is 34.0 Å². The third-order valence-electron chi connectivity index (χ3n) is 9.31. The van der Waals surface area contributed by atoms with E-state index in [0.717, 1.165) is 25.7 Å². The number of hydrogen-bond donors (Lipinski definition) is 1. The van der Waals surface area contributed by atoms with E-state index in [1.54, 1.807) is 7.11 Å². The molecule has 1 spiro atoms. The molecular formula is C23H32O6. The number of carbonyl (C=O) groups is 2. The van der Waals surface area contributed by atoms with Crippen molar-refractivity contribution in [3.63, 3.8) is 0 Å². The molecule has 5 rings (SSSR count). The number of Topliss-reactive ketones (excluding diaryl/α,β-unsaturated/α-hetero) is 1. The molecule has 1 N–H and O–H groups in total. The third kappa shape index (κ3) is 2.18. The lowest BCUT2D eigenvalue weighted by Crippen LogP contribution is -2.74. The minimum absolute atomic E-state index is 0.0100. The van der Waals surface area contributed by atoms with E-state index >= 15 is 0 Å². The second kappa shape index (κ2) is 6.14. The van der Waals surface area contributed by atoms with Crippen LogP contribution in [0.1, 0.15) is 46.0 Å². The van der Waals surface area contributed by atoms with Crippen molar-refractivity contribution < 1.29 is 28.9 Å². The maximum Gasteiger partial charge on any atom is 0.302 e. The number of esters is 1. The quantitative estimate of drug-likeness (QED) is 0.562. The number of fused-ring (bicyclic) bond motifs is 1. The van der Waals surface area contributed by atoms with E-state index in [-0.39, 0.29) is 34.4 Å². The van der Waals surface area contributed by atoms with Crippen LogP contribution in [0.4, 0.5) is 0 Å². The standard InChI is InChI=1S/C23H32O6/c1-12-14-8-15(29-13(2)24)18-22-7-5-6-21(3,10-28-11-22)16(22)9-17(27-4)23(18,19(12)25)20(14)26/h14-18,20,26H,1,5-11H2,2-4H3/t14-,15-,16+,17?,18-,20+,21-,22-,23?/m0/s1. The smallest absolute Gasteiger partial charge is 0.302 e. The van der Waals surface area contributed by atoms with Crippen LogP contribution < -0.4 is 0 Å². The first-order valence-electron chi connectivity index (χ1n) is 10.9. The van der Waals surface area contributed by atoms with Crippen molar-refractivity contribution >= 4 is 11.8 Å². The third-order valence-corrected chi connectivity index (χ3v) is 9.31. The predicted molar refractivity (Wildman–Crippen MR) is 104 cm³/mol. The molecule has 4 bridgehead atoms. The Labute approximate surface area is 172 Å². The Morgan fingerprint density at radius 1 is 1.28 bits per heavy atom. The first-order valence-corrected chi connectivity index (χ1v) is 10.9. The highest BCUT2D eigenvalue weighted by atomic mass is 16.5. The van der Waals surface area contributed by atoms with Gasteiger partial charge in [-0.25, -0.2) is 0 Å². The number of methoxy groups -OCH3 is 1. The SMILES string of the molecule is C=C1C(=O)C23C(OC)C[C@@H]4[C@@]5(C)CCC[C@@]4(COC5)[C@@H]2[C@@H](OC(C)=O)C[C@@H]1[C@H]3O. The molecule has 4 aliphatic carbocycles. The summed E-state index contributed by atoms with van der Waals surface area (Å²) in [6, 6.07) is 0. The molecule has 0 radical (unpaired) electrons. The Kier molecular flexibility index (Phi) is 4.18. The summed E-state index contributed by atoms with van der Waals surface area (Å²) in [7, 11) is 1.64. The molecule has 0 amide bonds. The minimum atomic E-state index is -1.11. The van der Waals surface area contributed by atoms with Crippen molar-refractivity contribution in [2.24, 2.45) is 34.0 Å². The topological polar surface area (TPSA) is 82.1 Å². The van der Waals surface area contributed by atoms with Gasteiger partial charge in [-0.2, -0.15) is 0 Å². The van der Waals surface area contributed by atoms with Gasteiger partial charge in [0.15, 0.2) is 5.78 Å². The van der Waals surface area contributed by atoms with Gasteiger partial charge in [-0.3, -0.25) is 9.59 Å². The minimum Gasteiger partial charge on any atom is -0.462 e. The van der Waals surface area contributed by atoms with Gasteiger partial charge in [-0.05, 0) is 42.6 Å². The molecule has 1 saturated heterocycles. The maximum absolute atomic E-state index is 13.7. The van der Waals surface area contributed by atoms with Gasteiger partial charge in [0.05, 0.1) is 30.8 Å². The van der Waals surface area contributed by atoms with Crippen LogP contribution in [0.15, 0.2) is 12.2 Å². The van der Waals surface area contributed by atoms with Crippen LogP contribution in [0.5, 0.6) is 0 Å². The number of carbonyl (C=O) groups excluding carboxylic acids is 2. The second-order valence-electron chi connectivity index (χ2n) is 10.4. The lowest BCUT2D eigenvalue weighted by Gasteiger charge is -2.69. The summed E-state index contributed by atoms with van der Waals surface area (Å²) < 4.78 is 18.0. The number of ketones is 1. The Bertz CT molecular complexity index is 763. The van der Waals surface area contributed by atoms with Crippen molar-refractivity contribution in [2.45, 2.75) is 64.3 Å². The molecular weight excluding hydrogens is 372 g/mol. The summed E-state index contributed by atoms with van der Waals surface area (Å²) in [6.45, 7) is 9.02. The van der Waals surface area contributed by atoms with Gasteiger partial charge in [0.1, 0.15) is 6.10 Å². The molecule has 1 aliphatic heterocycles. The van der Waals surface area contributed by atoms with Crippen LogP contribution >= 0.6 is 0 Å². The van der Waals surface area contributed by atoms with E-state index in [0.29, 0.717) is 31.1 Å². The average molecular weight is 405 g/mol. The Morgan fingerprint density at radius 3 is 2.72 bits per heavy atom. The van der Waals surface area contributed by atoms with Crippen molar-refractivity contribution in [3.8, 4) is 0 Å². The fourth-order valence-electron chi connectivity index (χ4n) is 8.47. The van der Waals surface area contributed by atoms with Crippen molar-refractivity contribution in [1.29, 1.82) is 0 Å². The molecule has 9 atom stereocenters. The van der Waals surface area contributed by atoms with Crippen LogP contribution in [0.3, 0.4) is 0 Å². The summed E-state index contributed by atoms with van der Waals surface area (Å²) in [5.74, 6) is -0.829. The summed E-state index contributed by atoms with van der Waals surface area (Å²) in [5.41, 5.74) is -0.933. The fourth-order valence-corrected chi connectivity index (χ4v) is 8.47. The van der Waals surface area contributed by atoms with Gasteiger partial charge in [0.25, 0.3) is 0 Å². The number of rotatable bonds is 2. The number of hydrogen-bond acceptors (Lipinski definition) is 6. The van der Waals surface area contributed by atoms with Gasteiger partial charge in [0, 0.05) is 31.3 Å². The van der Waals surface area contributed by atoms with E-state index in [9.17, 15) is 14.7 Å². The van der Waals surface area contributed by atoms with E-state index in [1.165, 1.54) is 6.92 Å². The molecule has 29 heavy (non-hydrogen) atoms. The molecule has 0 aromatic rings. The van der Waals surface area contributed by atoms with Gasteiger partial charge in [-0.1, -0.05) is 19.9 Å². The van der Waals surface area contributed by atoms with Crippen molar-refractivity contribution in [1.82, 2.24) is 0 Å². The Balaban J connectivity index is 1.75. The summed E-state index contributed by atoms with van der Waals surface area (Å²) >= 11 is 0. The van der Waals surface area contributed by atoms with E-state index < -0.39 is 23.7 Å². The van der Waals surface area contributed by atoms with E-state index in [2.05, 4.69) is 13.5 Å². The molecule has 2 unspecified atom stereocenters. The zero-order chi connectivity index (χ0) is 20.8. The summed E-state index contributed by atoms with van der Waals surface area (Å²) in [4.78, 5) is 25.8. The van der Waals surface area contributed by atoms with E-state index in [4.69, 9.17) is 14.2 Å². The highest BCUT2D eigenvalue weighted by Crippen LogP contribution is 2.73. The Morgan fingerprint density at radius 2 is 2.03 bits per heavy atom. The normalized spacial score (nSPS) is 53.2. The molecule has 6 heteroatoms. The first-order chi connectivity index (χ1) is 13.7. The first kappa shape index (κ1) is 19.7. The molecule has 4 saturated carbocycles. The largest absolute Gasteiger partial charge is 0.462 e. The van der Waals surface area contributed by atoms with Crippen LogP contribution in [-0.4, -0.2) is 55.5 Å². The van der Waals surface area contributed by atoms with E-state index in [1.807, 2.05) is 0 Å². The van der Waals surface area contributed by atoms with Crippen LogP contribution in [-0.2, 0) is 23.8 Å². The molecule has 0 aromatic carbocycles. The highest BCUT2D eigenvalue weighted by Gasteiger charge is 2.78. The molecule has 160 valence electrons. The van der Waals surface area contributed by atoms with Gasteiger partial charge in [-0.15, -0.1) is 0 Å². The monoisotopic (exact) mass is 404 g/mol. The lowest BCUT2D eigenvalue weighted by atomic mass is 9.38. The van der Waals surface area contributed by atoms with Crippen LogP contribution in [0.2, 0.25) is 0 Å². The average Bonchev–Trinajstić information content (AvgIpc) is 2.77. The van der Waals surface area contributed by atoms with Gasteiger partial charge >= 0.3 is 5.97 Å². The van der Waals surface area contributed by atoms with Crippen LogP contribution in [0.25, 0.3) is 0 Å².